The monoisotopic (exact) mass is 223 g/mol. The van der Waals surface area contributed by atoms with E-state index in [1.165, 1.54) is 0 Å². The van der Waals surface area contributed by atoms with Crippen molar-refractivity contribution >= 4 is 10.0 Å². The van der Waals surface area contributed by atoms with E-state index in [1.54, 1.807) is 12.1 Å². The summed E-state index contributed by atoms with van der Waals surface area (Å²) in [5.41, 5.74) is 0. The van der Waals surface area contributed by atoms with Crippen LogP contribution in [0, 0.1) is 0 Å². The average molecular weight is 223 g/mol. The Hall–Kier alpha value is -0.210. The van der Waals surface area contributed by atoms with E-state index >= 15 is 0 Å². The van der Waals surface area contributed by atoms with Crippen LogP contribution in [0.2, 0.25) is 0 Å². The van der Waals surface area contributed by atoms with E-state index in [4.69, 9.17) is 10.6 Å². The second kappa shape index (κ2) is 4.54. The van der Waals surface area contributed by atoms with Crippen LogP contribution in [0.1, 0.15) is 6.42 Å². The molecule has 2 unspecified atom stereocenters. The third-order valence-corrected chi connectivity index (χ3v) is 2.99. The van der Waals surface area contributed by atoms with Crippen molar-refractivity contribution in [3.05, 3.63) is 0 Å². The van der Waals surface area contributed by atoms with Gasteiger partial charge in [0.25, 0.3) is 0 Å². The van der Waals surface area contributed by atoms with E-state index in [0.717, 1.165) is 6.26 Å². The Morgan fingerprint density at radius 3 is 2.71 bits per heavy atom. The molecule has 0 bridgehead atoms. The number of hydrogen-bond acceptors (Lipinski definition) is 5. The van der Waals surface area contributed by atoms with E-state index in [0.29, 0.717) is 19.5 Å². The summed E-state index contributed by atoms with van der Waals surface area (Å²) >= 11 is 0. The first-order valence-electron chi connectivity index (χ1n) is 4.42. The minimum Gasteiger partial charge on any atom is -0.378 e. The van der Waals surface area contributed by atoms with Crippen LogP contribution in [0.25, 0.3) is 0 Å². The van der Waals surface area contributed by atoms with Gasteiger partial charge in [-0.2, -0.15) is 0 Å². The van der Waals surface area contributed by atoms with Gasteiger partial charge in [-0.1, -0.05) is 0 Å². The maximum absolute atomic E-state index is 11.0. The Balaban J connectivity index is 2.59. The lowest BCUT2D eigenvalue weighted by Crippen LogP contribution is -2.56. The van der Waals surface area contributed by atoms with Gasteiger partial charge in [-0.15, -0.1) is 0 Å². The number of hydrazine groups is 1. The summed E-state index contributed by atoms with van der Waals surface area (Å²) in [5, 5.41) is 1.63. The van der Waals surface area contributed by atoms with Crippen LogP contribution in [0.3, 0.4) is 0 Å². The summed E-state index contributed by atoms with van der Waals surface area (Å²) in [6.07, 6.45) is 1.64. The van der Waals surface area contributed by atoms with Crippen LogP contribution in [-0.2, 0) is 14.8 Å². The number of nitrogens with one attached hydrogen (secondary N) is 1. The first kappa shape index (κ1) is 11.9. The highest BCUT2D eigenvalue weighted by Crippen LogP contribution is 2.11. The van der Waals surface area contributed by atoms with Gasteiger partial charge in [-0.25, -0.2) is 18.1 Å². The zero-order chi connectivity index (χ0) is 10.8. The molecule has 1 aliphatic heterocycles. The quantitative estimate of drug-likeness (QED) is 0.569. The Bertz CT molecular complexity index is 280. The molecule has 1 rings (SSSR count). The van der Waals surface area contributed by atoms with Crippen LogP contribution in [0.5, 0.6) is 0 Å². The third kappa shape index (κ3) is 3.50. The number of methoxy groups -OCH3 is 1. The van der Waals surface area contributed by atoms with Crippen LogP contribution in [-0.4, -0.2) is 52.0 Å². The number of ether oxygens (including phenoxy) is 1. The molecule has 2 atom stereocenters. The molecule has 1 heterocycles. The van der Waals surface area contributed by atoms with Crippen molar-refractivity contribution in [2.45, 2.75) is 18.6 Å². The van der Waals surface area contributed by atoms with Gasteiger partial charge in [0.15, 0.2) is 0 Å². The molecule has 84 valence electrons. The highest BCUT2D eigenvalue weighted by molar-refractivity contribution is 7.88. The summed E-state index contributed by atoms with van der Waals surface area (Å²) in [6.45, 7) is 1.22. The minimum atomic E-state index is -3.17. The first-order valence-corrected chi connectivity index (χ1v) is 6.31. The summed E-state index contributed by atoms with van der Waals surface area (Å²) in [4.78, 5) is 0. The Morgan fingerprint density at radius 1 is 1.57 bits per heavy atom. The maximum atomic E-state index is 11.0. The molecule has 1 fully saturated rings. The molecule has 6 nitrogen and oxygen atoms in total. The van der Waals surface area contributed by atoms with Crippen molar-refractivity contribution in [2.24, 2.45) is 5.84 Å². The molecular weight excluding hydrogens is 206 g/mol. The molecule has 7 heteroatoms. The van der Waals surface area contributed by atoms with Crippen LogP contribution in [0.4, 0.5) is 0 Å². The Morgan fingerprint density at radius 2 is 2.21 bits per heavy atom. The number of hydrogen-bond donors (Lipinski definition) is 2. The number of piperidine rings is 1. The predicted octanol–water partition coefficient (Wildman–Crippen LogP) is -1.50. The zero-order valence-corrected chi connectivity index (χ0v) is 9.25. The second-order valence-electron chi connectivity index (χ2n) is 3.55. The van der Waals surface area contributed by atoms with Gasteiger partial charge in [0, 0.05) is 20.2 Å². The van der Waals surface area contributed by atoms with E-state index in [2.05, 4.69) is 4.72 Å². The maximum Gasteiger partial charge on any atom is 0.209 e. The van der Waals surface area contributed by atoms with Gasteiger partial charge < -0.3 is 4.74 Å². The normalized spacial score (nSPS) is 30.5. The number of sulfonamides is 1. The molecule has 0 aromatic heterocycles. The van der Waals surface area contributed by atoms with E-state index in [-0.39, 0.29) is 12.1 Å². The van der Waals surface area contributed by atoms with Gasteiger partial charge in [0.05, 0.1) is 18.4 Å². The van der Waals surface area contributed by atoms with Crippen molar-refractivity contribution in [1.82, 2.24) is 9.73 Å². The molecule has 14 heavy (non-hydrogen) atoms. The lowest BCUT2D eigenvalue weighted by atomic mass is 10.0. The summed E-state index contributed by atoms with van der Waals surface area (Å²) in [6, 6.07) is -0.171. The van der Waals surface area contributed by atoms with Crippen molar-refractivity contribution < 1.29 is 13.2 Å². The molecule has 0 amide bonds. The van der Waals surface area contributed by atoms with E-state index in [9.17, 15) is 8.42 Å². The molecule has 0 aliphatic carbocycles. The fourth-order valence-corrected chi connectivity index (χ4v) is 2.41. The van der Waals surface area contributed by atoms with Crippen LogP contribution >= 0.6 is 0 Å². The summed E-state index contributed by atoms with van der Waals surface area (Å²) in [7, 11) is -1.62. The first-order chi connectivity index (χ1) is 6.42. The lowest BCUT2D eigenvalue weighted by Gasteiger charge is -2.35. The highest BCUT2D eigenvalue weighted by Gasteiger charge is 2.29. The molecular formula is C7H17N3O3S. The third-order valence-electron chi connectivity index (χ3n) is 2.26. The van der Waals surface area contributed by atoms with Gasteiger partial charge in [0.2, 0.25) is 10.0 Å². The molecule has 0 aromatic carbocycles. The van der Waals surface area contributed by atoms with Crippen molar-refractivity contribution in [3.8, 4) is 0 Å². The van der Waals surface area contributed by atoms with Gasteiger partial charge >= 0.3 is 0 Å². The van der Waals surface area contributed by atoms with Gasteiger partial charge in [0.1, 0.15) is 0 Å². The van der Waals surface area contributed by atoms with E-state index in [1.807, 2.05) is 0 Å². The Labute approximate surface area is 84.4 Å². The van der Waals surface area contributed by atoms with Crippen molar-refractivity contribution in [2.75, 3.05) is 26.5 Å². The fourth-order valence-electron chi connectivity index (χ4n) is 1.59. The SMILES string of the molecule is COC1CN(N)CCC1NS(C)(=O)=O. The average Bonchev–Trinajstić information content (AvgIpc) is 2.06. The van der Waals surface area contributed by atoms with Crippen molar-refractivity contribution in [3.63, 3.8) is 0 Å². The van der Waals surface area contributed by atoms with Gasteiger partial charge in [-0.05, 0) is 6.42 Å². The number of nitrogens with zero attached hydrogens (tertiary/aromatic N) is 1. The molecule has 1 saturated heterocycles. The van der Waals surface area contributed by atoms with Gasteiger partial charge in [-0.3, -0.25) is 5.84 Å². The molecule has 0 spiro atoms. The zero-order valence-electron chi connectivity index (χ0n) is 8.43. The predicted molar refractivity (Wildman–Crippen MR) is 52.9 cm³/mol. The second-order valence-corrected chi connectivity index (χ2v) is 5.33. The van der Waals surface area contributed by atoms with Crippen LogP contribution in [0.15, 0.2) is 0 Å². The largest absolute Gasteiger partial charge is 0.378 e. The van der Waals surface area contributed by atoms with Crippen molar-refractivity contribution in [1.29, 1.82) is 0 Å². The summed E-state index contributed by atoms with van der Waals surface area (Å²) < 4.78 is 29.8. The Kier molecular flexibility index (Phi) is 3.85. The number of rotatable bonds is 3. The summed E-state index contributed by atoms with van der Waals surface area (Å²) in [5.74, 6) is 5.60. The smallest absolute Gasteiger partial charge is 0.209 e. The fraction of sp³-hybridized carbons (Fsp3) is 1.00. The standard InChI is InChI=1S/C7H17N3O3S/c1-13-7-5-10(8)4-3-6(7)9-14(2,11)12/h6-7,9H,3-5,8H2,1-2H3. The minimum absolute atomic E-state index is 0.171. The molecule has 0 radical (unpaired) electrons. The molecule has 0 aromatic rings. The van der Waals surface area contributed by atoms with E-state index < -0.39 is 10.0 Å². The molecule has 0 saturated carbocycles. The topological polar surface area (TPSA) is 84.7 Å². The highest BCUT2D eigenvalue weighted by atomic mass is 32.2. The molecule has 3 N–H and O–H groups in total. The number of nitrogens with two attached hydrogens (primary N) is 1. The molecule has 1 aliphatic rings. The lowest BCUT2D eigenvalue weighted by molar-refractivity contribution is 0.0121. The van der Waals surface area contributed by atoms with Crippen LogP contribution < -0.4 is 10.6 Å².